The van der Waals surface area contributed by atoms with Crippen molar-refractivity contribution in [1.29, 1.82) is 0 Å². The molecule has 2 saturated heterocycles. The number of hydrogen-bond donors (Lipinski definition) is 1. The van der Waals surface area contributed by atoms with Crippen LogP contribution in [0.3, 0.4) is 0 Å². The summed E-state index contributed by atoms with van der Waals surface area (Å²) in [6, 6.07) is 0. The number of alkyl halides is 3. The van der Waals surface area contributed by atoms with Crippen molar-refractivity contribution >= 4 is 5.91 Å². The van der Waals surface area contributed by atoms with Crippen LogP contribution in [-0.2, 0) is 9.53 Å². The van der Waals surface area contributed by atoms with Crippen LogP contribution < -0.4 is 0 Å². The van der Waals surface area contributed by atoms with E-state index in [1.165, 1.54) is 0 Å². The van der Waals surface area contributed by atoms with Crippen LogP contribution in [0, 0.1) is 5.92 Å². The van der Waals surface area contributed by atoms with E-state index in [0.29, 0.717) is 25.9 Å². The van der Waals surface area contributed by atoms with Gasteiger partial charge >= 0.3 is 6.18 Å². The van der Waals surface area contributed by atoms with E-state index in [4.69, 9.17) is 4.74 Å². The number of piperidine rings is 1. The Morgan fingerprint density at radius 3 is 2.48 bits per heavy atom. The van der Waals surface area contributed by atoms with Gasteiger partial charge in [-0.3, -0.25) is 4.79 Å². The third kappa shape index (κ3) is 4.57. The zero-order valence-electron chi connectivity index (χ0n) is 11.9. The molecule has 2 aliphatic rings. The normalized spacial score (nSPS) is 26.1. The average molecular weight is 309 g/mol. The number of amides is 1. The van der Waals surface area contributed by atoms with Gasteiger partial charge < -0.3 is 14.7 Å². The monoisotopic (exact) mass is 309 g/mol. The number of aliphatic hydroxyl groups is 1. The van der Waals surface area contributed by atoms with Gasteiger partial charge in [-0.1, -0.05) is 0 Å². The number of hydrogen-bond acceptors (Lipinski definition) is 3. The molecule has 1 N–H and O–H groups in total. The molecular formula is C14H22F3NO3. The largest absolute Gasteiger partial charge is 0.414 e. The molecule has 0 bridgehead atoms. The second-order valence-electron chi connectivity index (χ2n) is 5.88. The highest BCUT2D eigenvalue weighted by molar-refractivity contribution is 5.76. The van der Waals surface area contributed by atoms with E-state index in [-0.39, 0.29) is 24.9 Å². The summed E-state index contributed by atoms with van der Waals surface area (Å²) in [7, 11) is 0. The van der Waals surface area contributed by atoms with E-state index in [2.05, 4.69) is 0 Å². The van der Waals surface area contributed by atoms with Crippen LogP contribution in [0.25, 0.3) is 0 Å². The Bertz CT molecular complexity index is 348. The summed E-state index contributed by atoms with van der Waals surface area (Å²) in [6.45, 7) is 1.34. The van der Waals surface area contributed by atoms with E-state index >= 15 is 0 Å². The number of halogens is 3. The molecule has 1 amide bonds. The average Bonchev–Trinajstić information content (AvgIpc) is 2.96. The SMILES string of the molecule is O=C(CCC1CCCO1)N1CCC(C(O)C(F)(F)F)CC1. The second-order valence-corrected chi connectivity index (χ2v) is 5.88. The summed E-state index contributed by atoms with van der Waals surface area (Å²) in [5.41, 5.74) is 0. The quantitative estimate of drug-likeness (QED) is 0.865. The zero-order chi connectivity index (χ0) is 15.5. The van der Waals surface area contributed by atoms with Gasteiger partial charge in [0, 0.05) is 26.1 Å². The number of likely N-dealkylation sites (tertiary alicyclic amines) is 1. The fourth-order valence-corrected chi connectivity index (χ4v) is 3.05. The van der Waals surface area contributed by atoms with E-state index in [9.17, 15) is 23.1 Å². The van der Waals surface area contributed by atoms with Gasteiger partial charge in [-0.05, 0) is 38.0 Å². The number of carbonyl (C=O) groups excluding carboxylic acids is 1. The molecule has 2 atom stereocenters. The molecule has 7 heteroatoms. The number of nitrogens with zero attached hydrogens (tertiary/aromatic N) is 1. The molecular weight excluding hydrogens is 287 g/mol. The summed E-state index contributed by atoms with van der Waals surface area (Å²) >= 11 is 0. The molecule has 2 aliphatic heterocycles. The summed E-state index contributed by atoms with van der Waals surface area (Å²) in [4.78, 5) is 13.6. The lowest BCUT2D eigenvalue weighted by Gasteiger charge is -2.35. The predicted octanol–water partition coefficient (Wildman–Crippen LogP) is 2.11. The first-order chi connectivity index (χ1) is 9.88. The van der Waals surface area contributed by atoms with Crippen LogP contribution in [0.5, 0.6) is 0 Å². The minimum Gasteiger partial charge on any atom is -0.383 e. The molecule has 2 heterocycles. The van der Waals surface area contributed by atoms with Gasteiger partial charge in [-0.2, -0.15) is 13.2 Å². The van der Waals surface area contributed by atoms with E-state index < -0.39 is 18.2 Å². The summed E-state index contributed by atoms with van der Waals surface area (Å²) in [6.07, 6.45) is -3.22. The number of rotatable bonds is 4. The molecule has 0 aliphatic carbocycles. The first kappa shape index (κ1) is 16.5. The first-order valence-corrected chi connectivity index (χ1v) is 7.52. The Morgan fingerprint density at radius 1 is 1.29 bits per heavy atom. The van der Waals surface area contributed by atoms with Crippen molar-refractivity contribution in [2.45, 2.75) is 56.9 Å². The minimum absolute atomic E-state index is 0.0227. The number of aliphatic hydroxyl groups excluding tert-OH is 1. The molecule has 0 spiro atoms. The van der Waals surface area contributed by atoms with Gasteiger partial charge in [0.2, 0.25) is 5.91 Å². The maximum absolute atomic E-state index is 12.4. The summed E-state index contributed by atoms with van der Waals surface area (Å²) < 4.78 is 42.8. The molecule has 4 nitrogen and oxygen atoms in total. The van der Waals surface area contributed by atoms with E-state index in [1.807, 2.05) is 0 Å². The van der Waals surface area contributed by atoms with Crippen molar-refractivity contribution in [2.75, 3.05) is 19.7 Å². The van der Waals surface area contributed by atoms with E-state index in [1.54, 1.807) is 4.90 Å². The molecule has 2 rings (SSSR count). The van der Waals surface area contributed by atoms with Gasteiger partial charge in [0.1, 0.15) is 0 Å². The maximum atomic E-state index is 12.4. The van der Waals surface area contributed by atoms with Crippen molar-refractivity contribution in [1.82, 2.24) is 4.90 Å². The van der Waals surface area contributed by atoms with Crippen molar-refractivity contribution in [3.8, 4) is 0 Å². The molecule has 122 valence electrons. The van der Waals surface area contributed by atoms with Gasteiger partial charge in [-0.15, -0.1) is 0 Å². The molecule has 0 radical (unpaired) electrons. The standard InChI is InChI=1S/C14H22F3NO3/c15-14(16,17)13(20)10-5-7-18(8-6-10)12(19)4-3-11-2-1-9-21-11/h10-11,13,20H,1-9H2. The first-order valence-electron chi connectivity index (χ1n) is 7.52. The fourth-order valence-electron chi connectivity index (χ4n) is 3.05. The van der Waals surface area contributed by atoms with Gasteiger partial charge in [-0.25, -0.2) is 0 Å². The Hall–Kier alpha value is -0.820. The summed E-state index contributed by atoms with van der Waals surface area (Å²) in [5, 5.41) is 9.24. The van der Waals surface area contributed by atoms with Crippen molar-refractivity contribution in [3.05, 3.63) is 0 Å². The van der Waals surface area contributed by atoms with Gasteiger partial charge in [0.15, 0.2) is 6.10 Å². The molecule has 0 saturated carbocycles. The Kier molecular flexibility index (Phi) is 5.48. The van der Waals surface area contributed by atoms with Crippen molar-refractivity contribution in [3.63, 3.8) is 0 Å². The lowest BCUT2D eigenvalue weighted by molar-refractivity contribution is -0.222. The third-order valence-corrected chi connectivity index (χ3v) is 4.38. The second kappa shape index (κ2) is 6.96. The molecule has 0 aromatic heterocycles. The number of carbonyl (C=O) groups is 1. The number of ether oxygens (including phenoxy) is 1. The fraction of sp³-hybridized carbons (Fsp3) is 0.929. The third-order valence-electron chi connectivity index (χ3n) is 4.38. The Balaban J connectivity index is 1.71. The maximum Gasteiger partial charge on any atom is 0.414 e. The predicted molar refractivity (Wildman–Crippen MR) is 69.6 cm³/mol. The van der Waals surface area contributed by atoms with Crippen LogP contribution in [0.1, 0.15) is 38.5 Å². The molecule has 21 heavy (non-hydrogen) atoms. The summed E-state index contributed by atoms with van der Waals surface area (Å²) in [5.74, 6) is -0.822. The van der Waals surface area contributed by atoms with Crippen LogP contribution in [0.2, 0.25) is 0 Å². The van der Waals surface area contributed by atoms with Crippen LogP contribution in [0.4, 0.5) is 13.2 Å². The highest BCUT2D eigenvalue weighted by atomic mass is 19.4. The lowest BCUT2D eigenvalue weighted by atomic mass is 9.90. The van der Waals surface area contributed by atoms with Gasteiger partial charge in [0.25, 0.3) is 0 Å². The van der Waals surface area contributed by atoms with Crippen LogP contribution in [-0.4, -0.2) is 54.0 Å². The highest BCUT2D eigenvalue weighted by Gasteiger charge is 2.44. The van der Waals surface area contributed by atoms with Crippen molar-refractivity contribution in [2.24, 2.45) is 5.92 Å². The molecule has 2 unspecified atom stereocenters. The molecule has 0 aromatic carbocycles. The van der Waals surface area contributed by atoms with Gasteiger partial charge in [0.05, 0.1) is 6.10 Å². The lowest BCUT2D eigenvalue weighted by Crippen LogP contribution is -2.45. The highest BCUT2D eigenvalue weighted by Crippen LogP contribution is 2.31. The topological polar surface area (TPSA) is 49.8 Å². The Labute approximate surface area is 122 Å². The smallest absolute Gasteiger partial charge is 0.383 e. The van der Waals surface area contributed by atoms with Crippen LogP contribution in [0.15, 0.2) is 0 Å². The Morgan fingerprint density at radius 2 is 1.95 bits per heavy atom. The van der Waals surface area contributed by atoms with E-state index in [0.717, 1.165) is 19.4 Å². The van der Waals surface area contributed by atoms with Crippen molar-refractivity contribution < 1.29 is 27.8 Å². The molecule has 2 fully saturated rings. The van der Waals surface area contributed by atoms with Crippen LogP contribution >= 0.6 is 0 Å². The minimum atomic E-state index is -4.57. The zero-order valence-corrected chi connectivity index (χ0v) is 11.9. The molecule has 0 aromatic rings.